The van der Waals surface area contributed by atoms with Gasteiger partial charge in [-0.3, -0.25) is 9.59 Å². The third-order valence-corrected chi connectivity index (χ3v) is 4.60. The number of likely N-dealkylation sites (tertiary alicyclic amines) is 1. The molecule has 126 valence electrons. The van der Waals surface area contributed by atoms with Crippen LogP contribution in [-0.2, 0) is 9.59 Å². The smallest absolute Gasteiger partial charge is 0.247 e. The molecule has 2 amide bonds. The molecule has 0 radical (unpaired) electrons. The zero-order chi connectivity index (χ0) is 17.0. The Morgan fingerprint density at radius 3 is 2.78 bits per heavy atom. The molecule has 1 aromatic rings. The van der Waals surface area contributed by atoms with Gasteiger partial charge in [-0.2, -0.15) is 0 Å². The number of hydrogen-bond acceptors (Lipinski definition) is 3. The molecular weight excluding hydrogens is 337 g/mol. The van der Waals surface area contributed by atoms with Gasteiger partial charge in [-0.1, -0.05) is 30.1 Å². The molecule has 0 aliphatic carbocycles. The highest BCUT2D eigenvalue weighted by molar-refractivity contribution is 6.36. The van der Waals surface area contributed by atoms with Crippen molar-refractivity contribution in [2.45, 2.75) is 32.2 Å². The van der Waals surface area contributed by atoms with Gasteiger partial charge < -0.3 is 16.0 Å². The molecule has 2 rings (SSSR count). The van der Waals surface area contributed by atoms with Crippen LogP contribution in [0.5, 0.6) is 0 Å². The lowest BCUT2D eigenvalue weighted by atomic mass is 9.98. The van der Waals surface area contributed by atoms with Crippen LogP contribution in [0.15, 0.2) is 18.2 Å². The summed E-state index contributed by atoms with van der Waals surface area (Å²) in [5, 5.41) is 3.66. The summed E-state index contributed by atoms with van der Waals surface area (Å²) < 4.78 is 0. The van der Waals surface area contributed by atoms with Crippen LogP contribution in [-0.4, -0.2) is 35.8 Å². The van der Waals surface area contributed by atoms with Gasteiger partial charge in [0.15, 0.2) is 0 Å². The molecule has 0 saturated carbocycles. The number of benzene rings is 1. The second-order valence-corrected chi connectivity index (χ2v) is 6.64. The lowest BCUT2D eigenvalue weighted by Gasteiger charge is -2.36. The van der Waals surface area contributed by atoms with Gasteiger partial charge in [0.25, 0.3) is 0 Å². The Morgan fingerprint density at radius 2 is 2.13 bits per heavy atom. The zero-order valence-corrected chi connectivity index (χ0v) is 14.5. The molecule has 0 spiro atoms. The standard InChI is InChI=1S/C16H21Cl2N3O2/c1-10(9-19)16(23)21-7-3-2-4-14(21)15(22)20-13-6-5-11(17)8-12(13)18/h5-6,8,10,14H,2-4,7,9,19H2,1H3,(H,20,22). The minimum absolute atomic E-state index is 0.0745. The lowest BCUT2D eigenvalue weighted by Crippen LogP contribution is -2.52. The number of nitrogens with one attached hydrogen (secondary N) is 1. The number of nitrogens with two attached hydrogens (primary N) is 1. The van der Waals surface area contributed by atoms with Gasteiger partial charge in [-0.05, 0) is 37.5 Å². The minimum atomic E-state index is -0.489. The summed E-state index contributed by atoms with van der Waals surface area (Å²) in [6.07, 6.45) is 2.45. The van der Waals surface area contributed by atoms with E-state index in [0.717, 1.165) is 12.8 Å². The summed E-state index contributed by atoms with van der Waals surface area (Å²) in [7, 11) is 0. The van der Waals surface area contributed by atoms with Crippen LogP contribution >= 0.6 is 23.2 Å². The normalized spacial score (nSPS) is 19.3. The topological polar surface area (TPSA) is 75.4 Å². The van der Waals surface area contributed by atoms with E-state index in [1.807, 2.05) is 0 Å². The molecule has 1 aromatic carbocycles. The number of amides is 2. The van der Waals surface area contributed by atoms with Gasteiger partial charge in [-0.15, -0.1) is 0 Å². The molecule has 2 atom stereocenters. The molecule has 3 N–H and O–H groups in total. The first-order valence-electron chi connectivity index (χ1n) is 7.70. The Kier molecular flexibility index (Phi) is 6.27. The quantitative estimate of drug-likeness (QED) is 0.869. The average molecular weight is 358 g/mol. The summed E-state index contributed by atoms with van der Waals surface area (Å²) in [6, 6.07) is 4.39. The van der Waals surface area contributed by atoms with E-state index in [2.05, 4.69) is 5.32 Å². The number of carbonyl (C=O) groups excluding carboxylic acids is 2. The molecule has 2 unspecified atom stereocenters. The molecule has 1 heterocycles. The van der Waals surface area contributed by atoms with Crippen molar-refractivity contribution in [1.82, 2.24) is 4.90 Å². The number of anilines is 1. The first-order valence-corrected chi connectivity index (χ1v) is 8.46. The second kappa shape index (κ2) is 7.99. The fourth-order valence-corrected chi connectivity index (χ4v) is 3.11. The fraction of sp³-hybridized carbons (Fsp3) is 0.500. The van der Waals surface area contributed by atoms with E-state index in [4.69, 9.17) is 28.9 Å². The van der Waals surface area contributed by atoms with Gasteiger partial charge in [0, 0.05) is 24.0 Å². The van der Waals surface area contributed by atoms with Crippen LogP contribution in [0.25, 0.3) is 0 Å². The molecule has 23 heavy (non-hydrogen) atoms. The molecule has 0 aromatic heterocycles. The third kappa shape index (κ3) is 4.37. The van der Waals surface area contributed by atoms with E-state index in [0.29, 0.717) is 28.7 Å². The van der Waals surface area contributed by atoms with Crippen molar-refractivity contribution >= 4 is 40.7 Å². The molecule has 1 saturated heterocycles. The van der Waals surface area contributed by atoms with Crippen molar-refractivity contribution in [2.24, 2.45) is 11.7 Å². The Hall–Kier alpha value is -1.30. The predicted octanol–water partition coefficient (Wildman–Crippen LogP) is 2.91. The summed E-state index contributed by atoms with van der Waals surface area (Å²) in [6.45, 7) is 2.63. The molecule has 5 nitrogen and oxygen atoms in total. The van der Waals surface area contributed by atoms with Crippen molar-refractivity contribution in [1.29, 1.82) is 0 Å². The maximum Gasteiger partial charge on any atom is 0.247 e. The van der Waals surface area contributed by atoms with Gasteiger partial charge in [0.2, 0.25) is 11.8 Å². The number of hydrogen-bond donors (Lipinski definition) is 2. The maximum atomic E-state index is 12.6. The van der Waals surface area contributed by atoms with Crippen LogP contribution in [0, 0.1) is 5.92 Å². The van der Waals surface area contributed by atoms with E-state index in [1.165, 1.54) is 0 Å². The highest BCUT2D eigenvalue weighted by atomic mass is 35.5. The molecule has 0 bridgehead atoms. The SMILES string of the molecule is CC(CN)C(=O)N1CCCCC1C(=O)Nc1ccc(Cl)cc1Cl. The molecule has 1 aliphatic rings. The van der Waals surface area contributed by atoms with E-state index >= 15 is 0 Å². The van der Waals surface area contributed by atoms with Crippen molar-refractivity contribution in [3.8, 4) is 0 Å². The maximum absolute atomic E-state index is 12.6. The lowest BCUT2D eigenvalue weighted by molar-refractivity contribution is -0.143. The van der Waals surface area contributed by atoms with Crippen LogP contribution < -0.4 is 11.1 Å². The van der Waals surface area contributed by atoms with Crippen LogP contribution in [0.1, 0.15) is 26.2 Å². The van der Waals surface area contributed by atoms with Crippen molar-refractivity contribution < 1.29 is 9.59 Å². The Bertz CT molecular complexity index is 595. The van der Waals surface area contributed by atoms with E-state index in [9.17, 15) is 9.59 Å². The first-order chi connectivity index (χ1) is 10.9. The first kappa shape index (κ1) is 18.0. The monoisotopic (exact) mass is 357 g/mol. The number of piperidine rings is 1. The zero-order valence-electron chi connectivity index (χ0n) is 13.0. The summed E-state index contributed by atoms with van der Waals surface area (Å²) in [5.41, 5.74) is 6.07. The largest absolute Gasteiger partial charge is 0.330 e. The summed E-state index contributed by atoms with van der Waals surface area (Å²) >= 11 is 11.9. The number of rotatable bonds is 4. The van der Waals surface area contributed by atoms with Crippen LogP contribution in [0.4, 0.5) is 5.69 Å². The van der Waals surface area contributed by atoms with Crippen molar-refractivity contribution in [3.05, 3.63) is 28.2 Å². The number of nitrogens with zero attached hydrogens (tertiary/aromatic N) is 1. The van der Waals surface area contributed by atoms with Crippen LogP contribution in [0.2, 0.25) is 10.0 Å². The Labute approximate surface area is 146 Å². The van der Waals surface area contributed by atoms with Crippen molar-refractivity contribution in [3.63, 3.8) is 0 Å². The minimum Gasteiger partial charge on any atom is -0.330 e. The number of carbonyl (C=O) groups is 2. The van der Waals surface area contributed by atoms with E-state index < -0.39 is 6.04 Å². The predicted molar refractivity (Wildman–Crippen MR) is 92.7 cm³/mol. The Balaban J connectivity index is 2.13. The second-order valence-electron chi connectivity index (χ2n) is 5.79. The number of halogens is 2. The van der Waals surface area contributed by atoms with Crippen LogP contribution in [0.3, 0.4) is 0 Å². The molecule has 1 aliphatic heterocycles. The highest BCUT2D eigenvalue weighted by Crippen LogP contribution is 2.27. The molecular formula is C16H21Cl2N3O2. The molecule has 7 heteroatoms. The van der Waals surface area contributed by atoms with Gasteiger partial charge in [0.05, 0.1) is 10.7 Å². The van der Waals surface area contributed by atoms with Gasteiger partial charge in [0.1, 0.15) is 6.04 Å². The van der Waals surface area contributed by atoms with Crippen molar-refractivity contribution in [2.75, 3.05) is 18.4 Å². The van der Waals surface area contributed by atoms with E-state index in [-0.39, 0.29) is 24.3 Å². The van der Waals surface area contributed by atoms with E-state index in [1.54, 1.807) is 30.0 Å². The third-order valence-electron chi connectivity index (χ3n) is 4.05. The summed E-state index contributed by atoms with van der Waals surface area (Å²) in [5.74, 6) is -0.594. The average Bonchev–Trinajstić information content (AvgIpc) is 2.55. The summed E-state index contributed by atoms with van der Waals surface area (Å²) in [4.78, 5) is 26.7. The van der Waals surface area contributed by atoms with Gasteiger partial charge >= 0.3 is 0 Å². The highest BCUT2D eigenvalue weighted by Gasteiger charge is 2.33. The van der Waals surface area contributed by atoms with Gasteiger partial charge in [-0.25, -0.2) is 0 Å². The fourth-order valence-electron chi connectivity index (χ4n) is 2.66. The molecule has 1 fully saturated rings. The Morgan fingerprint density at radius 1 is 1.39 bits per heavy atom.